The molecule has 0 saturated carbocycles. The Labute approximate surface area is 73.4 Å². The molecule has 0 radical (unpaired) electrons. The Morgan fingerprint density at radius 2 is 2.00 bits per heavy atom. The number of nitrogens with one attached hydrogen (secondary N) is 2. The van der Waals surface area contributed by atoms with Crippen LogP contribution in [0.3, 0.4) is 0 Å². The fraction of sp³-hybridized carbons (Fsp3) is 0.143. The van der Waals surface area contributed by atoms with Gasteiger partial charge in [-0.15, -0.1) is 0 Å². The monoisotopic (exact) mass is 186 g/mol. The summed E-state index contributed by atoms with van der Waals surface area (Å²) in [5.74, 6) is 0. The van der Waals surface area contributed by atoms with Gasteiger partial charge in [-0.1, -0.05) is 30.3 Å². The van der Waals surface area contributed by atoms with Crippen molar-refractivity contribution in [3.05, 3.63) is 35.9 Å². The molecule has 1 rings (SSSR count). The molecule has 0 aliphatic rings. The lowest BCUT2D eigenvalue weighted by Gasteiger charge is -2.01. The highest BCUT2D eigenvalue weighted by Gasteiger charge is 1.91. The smallest absolute Gasteiger partial charge is 0.245 e. The average Bonchev–Trinajstić information content (AvgIpc) is 2.05. The van der Waals surface area contributed by atoms with Crippen LogP contribution in [-0.4, -0.2) is 8.76 Å². The van der Waals surface area contributed by atoms with Gasteiger partial charge in [0.05, 0.1) is 0 Å². The molecule has 0 aliphatic heterocycles. The van der Waals surface area contributed by atoms with E-state index in [0.717, 1.165) is 5.56 Å². The van der Waals surface area contributed by atoms with Crippen LogP contribution in [0.4, 0.5) is 0 Å². The lowest BCUT2D eigenvalue weighted by Crippen LogP contribution is -2.32. The predicted molar refractivity (Wildman–Crippen MR) is 47.2 cm³/mol. The van der Waals surface area contributed by atoms with E-state index in [-0.39, 0.29) is 0 Å². The first-order valence-electron chi connectivity index (χ1n) is 3.42. The number of hydrogen-bond donors (Lipinski definition) is 3. The molecule has 0 bridgehead atoms. The number of hydrazine groups is 1. The van der Waals surface area contributed by atoms with Gasteiger partial charge in [0.1, 0.15) is 0 Å². The minimum absolute atomic E-state index is 0.521. The summed E-state index contributed by atoms with van der Waals surface area (Å²) in [5, 5.41) is 0. The summed E-state index contributed by atoms with van der Waals surface area (Å²) in [4.78, 5) is 2.17. The van der Waals surface area contributed by atoms with E-state index in [1.807, 2.05) is 30.3 Å². The normalized spacial score (nSPS) is 12.8. The van der Waals surface area contributed by atoms with Crippen molar-refractivity contribution in [2.24, 2.45) is 0 Å². The van der Waals surface area contributed by atoms with Gasteiger partial charge in [0.25, 0.3) is 0 Å². The highest BCUT2D eigenvalue weighted by molar-refractivity contribution is 7.77. The van der Waals surface area contributed by atoms with Crippen LogP contribution >= 0.6 is 0 Å². The van der Waals surface area contributed by atoms with E-state index in [2.05, 4.69) is 10.3 Å². The lowest BCUT2D eigenvalue weighted by molar-refractivity contribution is 0.526. The molecule has 0 amide bonds. The Bertz CT molecular complexity index is 253. The van der Waals surface area contributed by atoms with Crippen molar-refractivity contribution in [1.29, 1.82) is 0 Å². The van der Waals surface area contributed by atoms with E-state index in [1.54, 1.807) is 0 Å². The van der Waals surface area contributed by atoms with E-state index in [0.29, 0.717) is 6.54 Å². The molecule has 0 fully saturated rings. The van der Waals surface area contributed by atoms with Crippen LogP contribution in [0.1, 0.15) is 5.56 Å². The zero-order valence-corrected chi connectivity index (χ0v) is 7.17. The Morgan fingerprint density at radius 1 is 1.33 bits per heavy atom. The van der Waals surface area contributed by atoms with E-state index < -0.39 is 11.3 Å². The Hall–Kier alpha value is -0.750. The van der Waals surface area contributed by atoms with Gasteiger partial charge in [-0.05, 0) is 5.56 Å². The van der Waals surface area contributed by atoms with Crippen molar-refractivity contribution >= 4 is 11.3 Å². The molecule has 1 aromatic carbocycles. The second kappa shape index (κ2) is 5.00. The maximum Gasteiger partial charge on any atom is 0.245 e. The summed E-state index contributed by atoms with van der Waals surface area (Å²) in [5.41, 5.74) is 3.65. The fourth-order valence-electron chi connectivity index (χ4n) is 0.796. The van der Waals surface area contributed by atoms with Crippen LogP contribution in [0.2, 0.25) is 0 Å². The zero-order chi connectivity index (χ0) is 8.81. The summed E-state index contributed by atoms with van der Waals surface area (Å²) < 4.78 is 18.5. The summed E-state index contributed by atoms with van der Waals surface area (Å²) in [7, 11) is 0. The second-order valence-electron chi connectivity index (χ2n) is 2.19. The number of benzene rings is 1. The van der Waals surface area contributed by atoms with Gasteiger partial charge in [-0.2, -0.15) is 4.83 Å². The summed E-state index contributed by atoms with van der Waals surface area (Å²) in [6, 6.07) is 9.59. The molecule has 0 saturated heterocycles. The van der Waals surface area contributed by atoms with Gasteiger partial charge >= 0.3 is 0 Å². The van der Waals surface area contributed by atoms with Crippen LogP contribution < -0.4 is 10.3 Å². The molecule has 1 atom stereocenters. The lowest BCUT2D eigenvalue weighted by atomic mass is 10.2. The van der Waals surface area contributed by atoms with Crippen LogP contribution in [0.5, 0.6) is 0 Å². The van der Waals surface area contributed by atoms with Crippen molar-refractivity contribution in [2.75, 3.05) is 0 Å². The molecule has 5 heteroatoms. The third kappa shape index (κ3) is 3.59. The molecular formula is C7H10N2O2S. The molecule has 1 aromatic rings. The van der Waals surface area contributed by atoms with Crippen molar-refractivity contribution in [2.45, 2.75) is 6.54 Å². The summed E-state index contributed by atoms with van der Waals surface area (Å²) >= 11 is -2.00. The van der Waals surface area contributed by atoms with Crippen molar-refractivity contribution in [1.82, 2.24) is 10.3 Å². The maximum atomic E-state index is 10.1. The Kier molecular flexibility index (Phi) is 3.89. The van der Waals surface area contributed by atoms with Gasteiger partial charge in [0.2, 0.25) is 11.3 Å². The van der Waals surface area contributed by atoms with Gasteiger partial charge in [-0.3, -0.25) is 4.55 Å². The number of rotatable bonds is 4. The first kappa shape index (κ1) is 9.34. The third-order valence-electron chi connectivity index (χ3n) is 1.29. The van der Waals surface area contributed by atoms with Crippen LogP contribution in [0.25, 0.3) is 0 Å². The van der Waals surface area contributed by atoms with E-state index in [4.69, 9.17) is 4.55 Å². The molecule has 0 heterocycles. The quantitative estimate of drug-likeness (QED) is 0.471. The minimum atomic E-state index is -2.00. The summed E-state index contributed by atoms with van der Waals surface area (Å²) in [6.45, 7) is 0.521. The molecule has 12 heavy (non-hydrogen) atoms. The Balaban J connectivity index is 2.29. The summed E-state index contributed by atoms with van der Waals surface area (Å²) in [6.07, 6.45) is 0. The minimum Gasteiger partial charge on any atom is -0.293 e. The van der Waals surface area contributed by atoms with Crippen molar-refractivity contribution < 1.29 is 8.76 Å². The highest BCUT2D eigenvalue weighted by Crippen LogP contribution is 1.95. The van der Waals surface area contributed by atoms with E-state index in [1.165, 1.54) is 0 Å². The highest BCUT2D eigenvalue weighted by atomic mass is 32.2. The topological polar surface area (TPSA) is 61.4 Å². The average molecular weight is 186 g/mol. The third-order valence-corrected chi connectivity index (χ3v) is 1.61. The van der Waals surface area contributed by atoms with Gasteiger partial charge in [0.15, 0.2) is 0 Å². The maximum absolute atomic E-state index is 10.1. The molecule has 66 valence electrons. The van der Waals surface area contributed by atoms with Crippen LogP contribution in [0.15, 0.2) is 30.3 Å². The molecule has 0 spiro atoms. The molecular weight excluding hydrogens is 176 g/mol. The molecule has 0 aromatic heterocycles. The van der Waals surface area contributed by atoms with Crippen molar-refractivity contribution in [3.8, 4) is 0 Å². The van der Waals surface area contributed by atoms with E-state index >= 15 is 0 Å². The largest absolute Gasteiger partial charge is 0.293 e. The molecule has 0 aliphatic carbocycles. The standard InChI is InChI=1S/C7H10N2O2S/c10-12(11)9-8-6-7-4-2-1-3-5-7/h1-5,8-9H,6H2,(H,10,11). The first-order chi connectivity index (χ1) is 5.79. The van der Waals surface area contributed by atoms with Gasteiger partial charge < -0.3 is 0 Å². The van der Waals surface area contributed by atoms with Gasteiger partial charge in [-0.25, -0.2) is 9.63 Å². The van der Waals surface area contributed by atoms with Gasteiger partial charge in [0, 0.05) is 6.54 Å². The second-order valence-corrected chi connectivity index (χ2v) is 2.89. The van der Waals surface area contributed by atoms with Crippen LogP contribution in [-0.2, 0) is 17.8 Å². The molecule has 1 unspecified atom stereocenters. The van der Waals surface area contributed by atoms with Crippen LogP contribution in [0, 0.1) is 0 Å². The predicted octanol–water partition coefficient (Wildman–Crippen LogP) is 0.417. The number of hydrogen-bond acceptors (Lipinski definition) is 2. The molecule has 4 nitrogen and oxygen atoms in total. The fourth-order valence-corrected chi connectivity index (χ4v) is 0.991. The Morgan fingerprint density at radius 3 is 2.58 bits per heavy atom. The molecule has 3 N–H and O–H groups in total. The SMILES string of the molecule is O=S(O)NNCc1ccccc1. The van der Waals surface area contributed by atoms with E-state index in [9.17, 15) is 4.21 Å². The first-order valence-corrected chi connectivity index (χ1v) is 4.53. The van der Waals surface area contributed by atoms with Crippen molar-refractivity contribution in [3.63, 3.8) is 0 Å². The zero-order valence-electron chi connectivity index (χ0n) is 6.36.